The van der Waals surface area contributed by atoms with Crippen molar-refractivity contribution in [2.24, 2.45) is 5.92 Å². The van der Waals surface area contributed by atoms with Crippen LogP contribution in [-0.2, 0) is 11.3 Å². The largest absolute Gasteiger partial charge is 0.497 e. The fraction of sp³-hybridized carbons (Fsp3) is 0.259. The Morgan fingerprint density at radius 1 is 1.06 bits per heavy atom. The molecular weight excluding hydrogens is 442 g/mol. The second-order valence-corrected chi connectivity index (χ2v) is 8.64. The zero-order valence-electron chi connectivity index (χ0n) is 19.6. The maximum atomic E-state index is 13.5. The monoisotopic (exact) mass is 469 g/mol. The number of rotatable bonds is 6. The first-order valence-electron chi connectivity index (χ1n) is 11.7. The van der Waals surface area contributed by atoms with Crippen LogP contribution in [0, 0.1) is 5.92 Å². The van der Waals surface area contributed by atoms with E-state index in [1.807, 2.05) is 65.6 Å². The van der Waals surface area contributed by atoms with E-state index in [0.29, 0.717) is 60.9 Å². The van der Waals surface area contributed by atoms with E-state index in [1.54, 1.807) is 23.9 Å². The lowest BCUT2D eigenvalue weighted by Gasteiger charge is -2.32. The molecule has 0 bridgehead atoms. The molecule has 178 valence electrons. The van der Waals surface area contributed by atoms with Gasteiger partial charge in [-0.25, -0.2) is 9.97 Å². The Labute approximate surface area is 203 Å². The van der Waals surface area contributed by atoms with Gasteiger partial charge in [-0.05, 0) is 42.7 Å². The fourth-order valence-electron chi connectivity index (χ4n) is 4.48. The molecule has 35 heavy (non-hydrogen) atoms. The highest BCUT2D eigenvalue weighted by Gasteiger charge is 2.28. The summed E-state index contributed by atoms with van der Waals surface area (Å²) in [4.78, 5) is 37.5. The fourth-order valence-corrected chi connectivity index (χ4v) is 4.48. The lowest BCUT2D eigenvalue weighted by atomic mass is 9.96. The van der Waals surface area contributed by atoms with Gasteiger partial charge in [-0.1, -0.05) is 36.4 Å². The number of piperidine rings is 1. The standard InChI is InChI=1S/C27H27N5O3/c1-35-22-10-5-9-21(17-22)29-26(33)20-12-15-31(16-13-20)25-27(34)32(18-19-7-3-2-4-8-19)24-23(30-25)11-6-14-28-24/h2-11,14,17,20H,12-13,15-16,18H2,1H3,(H,29,33). The van der Waals surface area contributed by atoms with Gasteiger partial charge in [0.05, 0.1) is 13.7 Å². The minimum Gasteiger partial charge on any atom is -0.497 e. The molecule has 0 unspecified atom stereocenters. The van der Waals surface area contributed by atoms with E-state index in [9.17, 15) is 9.59 Å². The van der Waals surface area contributed by atoms with Crippen molar-refractivity contribution in [1.82, 2.24) is 14.5 Å². The molecule has 1 N–H and O–H groups in total. The number of nitrogens with zero attached hydrogens (tertiary/aromatic N) is 4. The summed E-state index contributed by atoms with van der Waals surface area (Å²) in [5.41, 5.74) is 2.81. The second-order valence-electron chi connectivity index (χ2n) is 8.64. The highest BCUT2D eigenvalue weighted by Crippen LogP contribution is 2.24. The highest BCUT2D eigenvalue weighted by atomic mass is 16.5. The maximum absolute atomic E-state index is 13.5. The van der Waals surface area contributed by atoms with Gasteiger partial charge in [0, 0.05) is 37.0 Å². The summed E-state index contributed by atoms with van der Waals surface area (Å²) >= 11 is 0. The molecule has 1 amide bonds. The molecule has 0 spiro atoms. The predicted octanol–water partition coefficient (Wildman–Crippen LogP) is 3.70. The molecule has 1 aliphatic rings. The number of anilines is 2. The molecule has 2 aromatic heterocycles. The molecule has 5 rings (SSSR count). The zero-order valence-corrected chi connectivity index (χ0v) is 19.6. The van der Waals surface area contributed by atoms with Crippen LogP contribution in [0.15, 0.2) is 77.7 Å². The number of carbonyl (C=O) groups excluding carboxylic acids is 1. The summed E-state index contributed by atoms with van der Waals surface area (Å²) < 4.78 is 6.92. The van der Waals surface area contributed by atoms with Crippen LogP contribution in [0.1, 0.15) is 18.4 Å². The summed E-state index contributed by atoms with van der Waals surface area (Å²) in [5.74, 6) is 0.954. The third-order valence-electron chi connectivity index (χ3n) is 6.37. The van der Waals surface area contributed by atoms with Crippen LogP contribution in [0.4, 0.5) is 11.5 Å². The zero-order chi connectivity index (χ0) is 24.2. The van der Waals surface area contributed by atoms with Gasteiger partial charge >= 0.3 is 0 Å². The predicted molar refractivity (Wildman–Crippen MR) is 136 cm³/mol. The lowest BCUT2D eigenvalue weighted by molar-refractivity contribution is -0.120. The summed E-state index contributed by atoms with van der Waals surface area (Å²) in [6, 6.07) is 20.9. The summed E-state index contributed by atoms with van der Waals surface area (Å²) in [7, 11) is 1.60. The van der Waals surface area contributed by atoms with Gasteiger partial charge in [0.2, 0.25) is 5.91 Å². The number of methoxy groups -OCH3 is 1. The SMILES string of the molecule is COc1cccc(NC(=O)C2CCN(c3nc4cccnc4n(Cc4ccccc4)c3=O)CC2)c1. The molecule has 1 aliphatic heterocycles. The van der Waals surface area contributed by atoms with E-state index in [2.05, 4.69) is 15.3 Å². The third-order valence-corrected chi connectivity index (χ3v) is 6.37. The van der Waals surface area contributed by atoms with Gasteiger partial charge in [0.15, 0.2) is 11.5 Å². The van der Waals surface area contributed by atoms with Gasteiger partial charge in [0.1, 0.15) is 11.3 Å². The van der Waals surface area contributed by atoms with E-state index >= 15 is 0 Å². The Morgan fingerprint density at radius 2 is 1.86 bits per heavy atom. The summed E-state index contributed by atoms with van der Waals surface area (Å²) in [5, 5.41) is 2.99. The third kappa shape index (κ3) is 4.87. The van der Waals surface area contributed by atoms with E-state index in [0.717, 1.165) is 5.56 Å². The van der Waals surface area contributed by atoms with Crippen LogP contribution < -0.4 is 20.5 Å². The van der Waals surface area contributed by atoms with Crippen molar-refractivity contribution in [2.45, 2.75) is 19.4 Å². The number of nitrogens with one attached hydrogen (secondary N) is 1. The summed E-state index contributed by atoms with van der Waals surface area (Å²) in [6.45, 7) is 1.58. The van der Waals surface area contributed by atoms with Crippen molar-refractivity contribution in [3.63, 3.8) is 0 Å². The molecule has 0 atom stereocenters. The van der Waals surface area contributed by atoms with Crippen LogP contribution in [0.5, 0.6) is 5.75 Å². The smallest absolute Gasteiger partial charge is 0.295 e. The van der Waals surface area contributed by atoms with Gasteiger partial charge in [-0.2, -0.15) is 0 Å². The van der Waals surface area contributed by atoms with Gasteiger partial charge in [-0.3, -0.25) is 14.2 Å². The number of carbonyl (C=O) groups is 1. The molecule has 1 saturated heterocycles. The highest BCUT2D eigenvalue weighted by molar-refractivity contribution is 5.92. The van der Waals surface area contributed by atoms with Crippen molar-refractivity contribution in [2.75, 3.05) is 30.4 Å². The van der Waals surface area contributed by atoms with Gasteiger partial charge in [0.25, 0.3) is 5.56 Å². The minimum absolute atomic E-state index is 0.0185. The topological polar surface area (TPSA) is 89.3 Å². The lowest BCUT2D eigenvalue weighted by Crippen LogP contribution is -2.42. The van der Waals surface area contributed by atoms with Gasteiger partial charge in [-0.15, -0.1) is 0 Å². The van der Waals surface area contributed by atoms with Crippen LogP contribution in [-0.4, -0.2) is 40.6 Å². The summed E-state index contributed by atoms with van der Waals surface area (Å²) in [6.07, 6.45) is 2.96. The van der Waals surface area contributed by atoms with Crippen molar-refractivity contribution >= 4 is 28.6 Å². The number of benzene rings is 2. The molecule has 0 aliphatic carbocycles. The first-order valence-corrected chi connectivity index (χ1v) is 11.7. The number of hydrogen-bond acceptors (Lipinski definition) is 6. The van der Waals surface area contributed by atoms with Crippen LogP contribution >= 0.6 is 0 Å². The average Bonchev–Trinajstić information content (AvgIpc) is 2.91. The number of amides is 1. The quantitative estimate of drug-likeness (QED) is 0.463. The molecule has 1 fully saturated rings. The van der Waals surface area contributed by atoms with E-state index in [-0.39, 0.29) is 17.4 Å². The first kappa shape index (κ1) is 22.6. The molecule has 3 heterocycles. The van der Waals surface area contributed by atoms with Crippen molar-refractivity contribution in [3.8, 4) is 5.75 Å². The minimum atomic E-state index is -0.167. The van der Waals surface area contributed by atoms with E-state index in [1.165, 1.54) is 0 Å². The first-order chi connectivity index (χ1) is 17.1. The number of fused-ring (bicyclic) bond motifs is 1. The Hall–Kier alpha value is -4.20. The van der Waals surface area contributed by atoms with E-state index in [4.69, 9.17) is 4.74 Å². The number of pyridine rings is 1. The average molecular weight is 470 g/mol. The van der Waals surface area contributed by atoms with Crippen molar-refractivity contribution < 1.29 is 9.53 Å². The molecule has 0 saturated carbocycles. The number of aromatic nitrogens is 3. The van der Waals surface area contributed by atoms with Gasteiger partial charge < -0.3 is 15.0 Å². The maximum Gasteiger partial charge on any atom is 0.295 e. The van der Waals surface area contributed by atoms with Crippen LogP contribution in [0.25, 0.3) is 11.2 Å². The van der Waals surface area contributed by atoms with E-state index < -0.39 is 0 Å². The molecule has 0 radical (unpaired) electrons. The Kier molecular flexibility index (Phi) is 6.43. The number of hydrogen-bond donors (Lipinski definition) is 1. The van der Waals surface area contributed by atoms with Crippen LogP contribution in [0.2, 0.25) is 0 Å². The molecular formula is C27H27N5O3. The molecule has 8 heteroatoms. The van der Waals surface area contributed by atoms with Crippen molar-refractivity contribution in [1.29, 1.82) is 0 Å². The molecule has 2 aromatic carbocycles. The normalized spacial score (nSPS) is 14.1. The number of ether oxygens (including phenoxy) is 1. The molecule has 4 aromatic rings. The Bertz CT molecular complexity index is 1400. The second kappa shape index (κ2) is 9.97. The van der Waals surface area contributed by atoms with Crippen molar-refractivity contribution in [3.05, 3.63) is 88.8 Å². The Morgan fingerprint density at radius 3 is 2.63 bits per heavy atom. The van der Waals surface area contributed by atoms with Crippen LogP contribution in [0.3, 0.4) is 0 Å². The molecule has 8 nitrogen and oxygen atoms in total. The Balaban J connectivity index is 1.34.